The molecule has 2 rings (SSSR count). The third kappa shape index (κ3) is 5.72. The first-order valence-electron chi connectivity index (χ1n) is 9.27. The Morgan fingerprint density at radius 2 is 1.96 bits per heavy atom. The maximum absolute atomic E-state index is 12.6. The Morgan fingerprint density at radius 3 is 2.63 bits per heavy atom. The van der Waals surface area contributed by atoms with E-state index in [1.165, 1.54) is 23.1 Å². The van der Waals surface area contributed by atoms with E-state index in [1.54, 1.807) is 20.8 Å². The second-order valence-corrected chi connectivity index (χ2v) is 8.96. The molecule has 1 aliphatic rings. The molecule has 0 saturated heterocycles. The molecule has 150 valence electrons. The summed E-state index contributed by atoms with van der Waals surface area (Å²) in [6, 6.07) is 0. The molecule has 0 fully saturated rings. The van der Waals surface area contributed by atoms with Crippen molar-refractivity contribution in [3.8, 4) is 0 Å². The maximum Gasteiger partial charge on any atom is 0.341 e. The van der Waals surface area contributed by atoms with E-state index in [4.69, 9.17) is 9.47 Å². The van der Waals surface area contributed by atoms with Gasteiger partial charge in [0.05, 0.1) is 29.8 Å². The highest BCUT2D eigenvalue weighted by molar-refractivity contribution is 8.01. The van der Waals surface area contributed by atoms with Crippen molar-refractivity contribution < 1.29 is 23.9 Å². The number of amides is 1. The molecule has 0 bridgehead atoms. The summed E-state index contributed by atoms with van der Waals surface area (Å²) in [7, 11) is 0. The monoisotopic (exact) mass is 413 g/mol. The fourth-order valence-electron chi connectivity index (χ4n) is 2.94. The number of nitrogens with one attached hydrogen (secondary N) is 1. The fourth-order valence-corrected chi connectivity index (χ4v) is 5.02. The Bertz CT molecular complexity index is 701. The summed E-state index contributed by atoms with van der Waals surface area (Å²) >= 11 is 2.68. The molecule has 1 aliphatic carbocycles. The number of carbonyl (C=O) groups is 3. The molecule has 0 aromatic carbocycles. The van der Waals surface area contributed by atoms with Gasteiger partial charge in [-0.1, -0.05) is 6.92 Å². The SMILES string of the molecule is CCOC(=O)CS[C@@H](C)C(=O)Nc1sc2c(c1C(=O)OCC)CC[C@@H](C)C2. The molecule has 0 unspecified atom stereocenters. The summed E-state index contributed by atoms with van der Waals surface area (Å²) < 4.78 is 10.1. The second kappa shape index (κ2) is 10.1. The first-order valence-corrected chi connectivity index (χ1v) is 11.1. The van der Waals surface area contributed by atoms with E-state index in [0.717, 1.165) is 29.7 Å². The molecule has 0 aliphatic heterocycles. The van der Waals surface area contributed by atoms with E-state index in [-0.39, 0.29) is 23.6 Å². The number of rotatable bonds is 8. The van der Waals surface area contributed by atoms with E-state index >= 15 is 0 Å². The standard InChI is InChI=1S/C19H27NO5S2/c1-5-24-15(21)10-26-12(4)17(22)20-18-16(19(23)25-6-2)13-8-7-11(3)9-14(13)27-18/h11-12H,5-10H2,1-4H3,(H,20,22)/t11-,12+/m1/s1. The van der Waals surface area contributed by atoms with Crippen molar-refractivity contribution in [3.63, 3.8) is 0 Å². The van der Waals surface area contributed by atoms with Crippen LogP contribution < -0.4 is 5.32 Å². The molecule has 8 heteroatoms. The van der Waals surface area contributed by atoms with Crippen molar-refractivity contribution in [2.45, 2.75) is 52.2 Å². The molecule has 0 spiro atoms. The molecule has 2 atom stereocenters. The van der Waals surface area contributed by atoms with Gasteiger partial charge >= 0.3 is 11.9 Å². The Kier molecular flexibility index (Phi) is 8.16. The first kappa shape index (κ1) is 21.8. The van der Waals surface area contributed by atoms with Crippen LogP contribution in [0.1, 0.15) is 54.9 Å². The van der Waals surface area contributed by atoms with Gasteiger partial charge in [-0.05, 0) is 51.5 Å². The van der Waals surface area contributed by atoms with Gasteiger partial charge in [-0.2, -0.15) is 0 Å². The van der Waals surface area contributed by atoms with Crippen LogP contribution in [0.2, 0.25) is 0 Å². The molecule has 0 radical (unpaired) electrons. The van der Waals surface area contributed by atoms with Gasteiger partial charge in [-0.25, -0.2) is 4.79 Å². The normalized spacial score (nSPS) is 17.0. The van der Waals surface area contributed by atoms with Crippen LogP contribution in [0.25, 0.3) is 0 Å². The van der Waals surface area contributed by atoms with Crippen LogP contribution in [-0.2, 0) is 31.9 Å². The van der Waals surface area contributed by atoms with E-state index < -0.39 is 5.25 Å². The molecule has 6 nitrogen and oxygen atoms in total. The van der Waals surface area contributed by atoms with Crippen LogP contribution in [0, 0.1) is 5.92 Å². The predicted octanol–water partition coefficient (Wildman–Crippen LogP) is 3.67. The van der Waals surface area contributed by atoms with Gasteiger partial charge in [0.2, 0.25) is 5.91 Å². The summed E-state index contributed by atoms with van der Waals surface area (Å²) in [5.74, 6) is -0.275. The van der Waals surface area contributed by atoms with Crippen LogP contribution in [0.3, 0.4) is 0 Å². The lowest BCUT2D eigenvalue weighted by atomic mass is 9.88. The lowest BCUT2D eigenvalue weighted by Crippen LogP contribution is -2.25. The Morgan fingerprint density at radius 1 is 1.26 bits per heavy atom. The first-order chi connectivity index (χ1) is 12.9. The zero-order valence-corrected chi connectivity index (χ0v) is 17.9. The van der Waals surface area contributed by atoms with Crippen molar-refractivity contribution in [1.82, 2.24) is 0 Å². The topological polar surface area (TPSA) is 81.7 Å². The van der Waals surface area contributed by atoms with Crippen LogP contribution in [-0.4, -0.2) is 42.1 Å². The molecular formula is C19H27NO5S2. The van der Waals surface area contributed by atoms with Gasteiger partial charge in [0.1, 0.15) is 5.00 Å². The van der Waals surface area contributed by atoms with Gasteiger partial charge in [0, 0.05) is 4.88 Å². The van der Waals surface area contributed by atoms with Crippen molar-refractivity contribution >= 4 is 45.9 Å². The number of anilines is 1. The lowest BCUT2D eigenvalue weighted by Gasteiger charge is -2.18. The number of thioether (sulfide) groups is 1. The number of fused-ring (bicyclic) bond motifs is 1. The van der Waals surface area contributed by atoms with E-state index in [9.17, 15) is 14.4 Å². The minimum atomic E-state index is -0.442. The van der Waals surface area contributed by atoms with Crippen LogP contribution in [0.5, 0.6) is 0 Å². The van der Waals surface area contributed by atoms with E-state index in [0.29, 0.717) is 29.7 Å². The van der Waals surface area contributed by atoms with E-state index in [1.807, 2.05) is 0 Å². The Labute approximate surface area is 168 Å². The quantitative estimate of drug-likeness (QED) is 0.655. The minimum Gasteiger partial charge on any atom is -0.465 e. The van der Waals surface area contributed by atoms with Crippen LogP contribution in [0.4, 0.5) is 5.00 Å². The number of ether oxygens (including phenoxy) is 2. The van der Waals surface area contributed by atoms with Gasteiger partial charge < -0.3 is 14.8 Å². The zero-order valence-electron chi connectivity index (χ0n) is 16.3. The third-order valence-electron chi connectivity index (χ3n) is 4.35. The highest BCUT2D eigenvalue weighted by Crippen LogP contribution is 2.40. The molecule has 1 heterocycles. The van der Waals surface area contributed by atoms with Gasteiger partial charge in [0.15, 0.2) is 0 Å². The summed E-state index contributed by atoms with van der Waals surface area (Å²) in [6.07, 6.45) is 2.76. The average molecular weight is 414 g/mol. The van der Waals surface area contributed by atoms with Gasteiger partial charge in [-0.3, -0.25) is 9.59 Å². The zero-order chi connectivity index (χ0) is 20.0. The summed E-state index contributed by atoms with van der Waals surface area (Å²) in [5.41, 5.74) is 1.51. The Hall–Kier alpha value is -1.54. The minimum absolute atomic E-state index is 0.117. The largest absolute Gasteiger partial charge is 0.465 e. The highest BCUT2D eigenvalue weighted by Gasteiger charge is 2.30. The predicted molar refractivity (Wildman–Crippen MR) is 109 cm³/mol. The number of hydrogen-bond acceptors (Lipinski definition) is 7. The molecule has 1 aromatic rings. The number of esters is 2. The highest BCUT2D eigenvalue weighted by atomic mass is 32.2. The summed E-state index contributed by atoms with van der Waals surface area (Å²) in [4.78, 5) is 37.7. The average Bonchev–Trinajstić information content (AvgIpc) is 2.96. The molecular weight excluding hydrogens is 386 g/mol. The van der Waals surface area contributed by atoms with E-state index in [2.05, 4.69) is 12.2 Å². The second-order valence-electron chi connectivity index (χ2n) is 6.52. The van der Waals surface area contributed by atoms with Crippen molar-refractivity contribution in [2.24, 2.45) is 5.92 Å². The third-order valence-corrected chi connectivity index (χ3v) is 6.64. The molecule has 1 N–H and O–H groups in total. The maximum atomic E-state index is 12.6. The molecule has 27 heavy (non-hydrogen) atoms. The fraction of sp³-hybridized carbons (Fsp3) is 0.632. The van der Waals surface area contributed by atoms with Crippen LogP contribution >= 0.6 is 23.1 Å². The number of hydrogen-bond donors (Lipinski definition) is 1. The lowest BCUT2D eigenvalue weighted by molar-refractivity contribution is -0.139. The van der Waals surface area contributed by atoms with Crippen molar-refractivity contribution in [3.05, 3.63) is 16.0 Å². The number of thiophene rings is 1. The summed E-state index contributed by atoms with van der Waals surface area (Å²) in [6.45, 7) is 8.05. The van der Waals surface area contributed by atoms with Gasteiger partial charge in [0.25, 0.3) is 0 Å². The smallest absolute Gasteiger partial charge is 0.341 e. The summed E-state index contributed by atoms with van der Waals surface area (Å²) in [5, 5.41) is 3.00. The molecule has 0 saturated carbocycles. The molecule has 1 amide bonds. The van der Waals surface area contributed by atoms with Crippen LogP contribution in [0.15, 0.2) is 0 Å². The van der Waals surface area contributed by atoms with Crippen molar-refractivity contribution in [1.29, 1.82) is 0 Å². The number of carbonyl (C=O) groups excluding carboxylic acids is 3. The van der Waals surface area contributed by atoms with Crippen molar-refractivity contribution in [2.75, 3.05) is 24.3 Å². The van der Waals surface area contributed by atoms with Gasteiger partial charge in [-0.15, -0.1) is 23.1 Å². The molecule has 1 aromatic heterocycles. The Balaban J connectivity index is 2.13.